The van der Waals surface area contributed by atoms with Crippen LogP contribution in [0.2, 0.25) is 0 Å². The van der Waals surface area contributed by atoms with Gasteiger partial charge in [-0.25, -0.2) is 4.98 Å². The van der Waals surface area contributed by atoms with E-state index in [4.69, 9.17) is 4.98 Å². The molecule has 0 radical (unpaired) electrons. The van der Waals surface area contributed by atoms with Crippen LogP contribution in [0, 0.1) is 0 Å². The average molecular weight is 496 g/mol. The summed E-state index contributed by atoms with van der Waals surface area (Å²) in [6.07, 6.45) is 2.50. The Kier molecular flexibility index (Phi) is 7.00. The Bertz CT molecular complexity index is 1360. The van der Waals surface area contributed by atoms with Gasteiger partial charge in [0.2, 0.25) is 5.91 Å². The van der Waals surface area contributed by atoms with Gasteiger partial charge in [0.1, 0.15) is 5.01 Å². The number of unbranched alkanes of at least 4 members (excludes halogenated alkanes) is 2. The number of carbonyl (C=O) groups excluding carboxylic acids is 3. The molecule has 3 aromatic carbocycles. The first-order valence-corrected chi connectivity index (χ1v) is 12.8. The van der Waals surface area contributed by atoms with E-state index in [2.05, 4.69) is 5.32 Å². The van der Waals surface area contributed by atoms with Gasteiger partial charge in [0.25, 0.3) is 11.8 Å². The van der Waals surface area contributed by atoms with Crippen molar-refractivity contribution in [1.29, 1.82) is 0 Å². The maximum absolute atomic E-state index is 12.4. The van der Waals surface area contributed by atoms with Crippen molar-refractivity contribution in [2.24, 2.45) is 0 Å². The Hall–Kier alpha value is -4.10. The molecule has 0 spiro atoms. The lowest BCUT2D eigenvalue weighted by Crippen LogP contribution is -2.30. The van der Waals surface area contributed by atoms with Crippen LogP contribution in [0.4, 0.5) is 5.69 Å². The van der Waals surface area contributed by atoms with Crippen molar-refractivity contribution in [3.63, 3.8) is 0 Å². The Labute approximate surface area is 213 Å². The van der Waals surface area contributed by atoms with Crippen LogP contribution in [0.3, 0.4) is 0 Å². The highest BCUT2D eigenvalue weighted by atomic mass is 32.1. The standard InChI is InChI=1S/C29H25N3O3S/c33-26(13-5-2-8-18-32-28(34)23-11-6-7-12-24(23)29(32)35)30-22-16-14-20(15-17-22)25-19-36-27(31-25)21-9-3-1-4-10-21/h1,3-4,6-7,9-12,14-17,19H,2,5,8,13,18H2,(H,30,33). The van der Waals surface area contributed by atoms with Crippen molar-refractivity contribution in [3.05, 3.63) is 95.4 Å². The van der Waals surface area contributed by atoms with Crippen LogP contribution in [0.5, 0.6) is 0 Å². The Morgan fingerprint density at radius 3 is 2.14 bits per heavy atom. The van der Waals surface area contributed by atoms with Crippen molar-refractivity contribution < 1.29 is 14.4 Å². The third-order valence-electron chi connectivity index (χ3n) is 6.15. The number of rotatable bonds is 9. The third kappa shape index (κ3) is 5.11. The number of fused-ring (bicyclic) bond motifs is 1. The predicted molar refractivity (Wildman–Crippen MR) is 142 cm³/mol. The number of hydrogen-bond acceptors (Lipinski definition) is 5. The minimum absolute atomic E-state index is 0.0523. The van der Waals surface area contributed by atoms with E-state index in [-0.39, 0.29) is 17.7 Å². The second kappa shape index (κ2) is 10.7. The smallest absolute Gasteiger partial charge is 0.261 e. The van der Waals surface area contributed by atoms with E-state index in [0.717, 1.165) is 33.9 Å². The van der Waals surface area contributed by atoms with Crippen LogP contribution < -0.4 is 5.32 Å². The molecule has 0 aliphatic carbocycles. The van der Waals surface area contributed by atoms with Gasteiger partial charge in [-0.05, 0) is 37.1 Å². The van der Waals surface area contributed by atoms with Gasteiger partial charge >= 0.3 is 0 Å². The van der Waals surface area contributed by atoms with Gasteiger partial charge in [0.05, 0.1) is 16.8 Å². The molecule has 3 amide bonds. The van der Waals surface area contributed by atoms with Crippen molar-refractivity contribution >= 4 is 34.7 Å². The molecule has 1 aromatic heterocycles. The molecule has 0 saturated heterocycles. The molecular weight excluding hydrogens is 470 g/mol. The number of nitrogens with one attached hydrogen (secondary N) is 1. The number of thiazole rings is 1. The fraction of sp³-hybridized carbons (Fsp3) is 0.172. The summed E-state index contributed by atoms with van der Waals surface area (Å²) in [5.74, 6) is -0.514. The fourth-order valence-electron chi connectivity index (χ4n) is 4.24. The number of imide groups is 1. The van der Waals surface area contributed by atoms with Crippen LogP contribution in [-0.4, -0.2) is 34.2 Å². The largest absolute Gasteiger partial charge is 0.326 e. The van der Waals surface area contributed by atoms with Gasteiger partial charge in [-0.2, -0.15) is 0 Å². The lowest BCUT2D eigenvalue weighted by molar-refractivity contribution is -0.116. The molecule has 1 aliphatic rings. The van der Waals surface area contributed by atoms with Gasteiger partial charge in [-0.3, -0.25) is 19.3 Å². The molecule has 36 heavy (non-hydrogen) atoms. The second-order valence-electron chi connectivity index (χ2n) is 8.65. The highest BCUT2D eigenvalue weighted by Crippen LogP contribution is 2.29. The Morgan fingerprint density at radius 2 is 1.44 bits per heavy atom. The summed E-state index contributed by atoms with van der Waals surface area (Å²) < 4.78 is 0. The minimum Gasteiger partial charge on any atom is -0.326 e. The van der Waals surface area contributed by atoms with Crippen molar-refractivity contribution in [2.45, 2.75) is 25.7 Å². The van der Waals surface area contributed by atoms with E-state index < -0.39 is 0 Å². The first-order valence-electron chi connectivity index (χ1n) is 12.0. The minimum atomic E-state index is -0.231. The zero-order chi connectivity index (χ0) is 24.9. The third-order valence-corrected chi connectivity index (χ3v) is 7.04. The monoisotopic (exact) mass is 495 g/mol. The van der Waals surface area contributed by atoms with E-state index in [1.165, 1.54) is 4.90 Å². The lowest BCUT2D eigenvalue weighted by atomic mass is 10.1. The zero-order valence-corrected chi connectivity index (χ0v) is 20.5. The van der Waals surface area contributed by atoms with Gasteiger partial charge in [0, 0.05) is 35.2 Å². The van der Waals surface area contributed by atoms with E-state index in [9.17, 15) is 14.4 Å². The molecule has 4 aromatic rings. The topological polar surface area (TPSA) is 79.4 Å². The van der Waals surface area contributed by atoms with Crippen LogP contribution in [-0.2, 0) is 4.79 Å². The maximum atomic E-state index is 12.4. The zero-order valence-electron chi connectivity index (χ0n) is 19.6. The summed E-state index contributed by atoms with van der Waals surface area (Å²) >= 11 is 1.61. The summed E-state index contributed by atoms with van der Waals surface area (Å²) in [5, 5.41) is 5.95. The molecule has 5 rings (SSSR count). The highest BCUT2D eigenvalue weighted by molar-refractivity contribution is 7.13. The summed E-state index contributed by atoms with van der Waals surface area (Å²) in [6.45, 7) is 0.373. The number of carbonyl (C=O) groups is 3. The average Bonchev–Trinajstić information content (AvgIpc) is 3.49. The van der Waals surface area contributed by atoms with E-state index in [0.29, 0.717) is 36.9 Å². The molecule has 0 bridgehead atoms. The molecule has 0 atom stereocenters. The first-order chi connectivity index (χ1) is 17.6. The van der Waals surface area contributed by atoms with E-state index in [1.54, 1.807) is 35.6 Å². The maximum Gasteiger partial charge on any atom is 0.261 e. The molecule has 2 heterocycles. The number of aromatic nitrogens is 1. The summed E-state index contributed by atoms with van der Waals surface area (Å²) in [5.41, 5.74) is 4.70. The summed E-state index contributed by atoms with van der Waals surface area (Å²) in [4.78, 5) is 43.2. The molecule has 1 aliphatic heterocycles. The van der Waals surface area contributed by atoms with Crippen molar-refractivity contribution in [3.8, 4) is 21.8 Å². The van der Waals surface area contributed by atoms with Crippen molar-refractivity contribution in [2.75, 3.05) is 11.9 Å². The van der Waals surface area contributed by atoms with Crippen LogP contribution in [0.25, 0.3) is 21.8 Å². The number of anilines is 1. The lowest BCUT2D eigenvalue weighted by Gasteiger charge is -2.13. The SMILES string of the molecule is O=C(CCCCCN1C(=O)c2ccccc2C1=O)Nc1ccc(-c2csc(-c3ccccc3)n2)cc1. The number of benzene rings is 3. The molecule has 6 nitrogen and oxygen atoms in total. The van der Waals surface area contributed by atoms with Gasteiger partial charge < -0.3 is 5.32 Å². The molecule has 0 saturated carbocycles. The Morgan fingerprint density at radius 1 is 0.778 bits per heavy atom. The number of hydrogen-bond donors (Lipinski definition) is 1. The second-order valence-corrected chi connectivity index (χ2v) is 9.51. The van der Waals surface area contributed by atoms with Gasteiger partial charge in [-0.1, -0.05) is 61.0 Å². The van der Waals surface area contributed by atoms with Crippen molar-refractivity contribution in [1.82, 2.24) is 9.88 Å². The molecule has 0 unspecified atom stereocenters. The molecule has 180 valence electrons. The molecule has 0 fully saturated rings. The summed E-state index contributed by atoms with van der Waals surface area (Å²) in [7, 11) is 0. The first kappa shape index (κ1) is 23.6. The fourth-order valence-corrected chi connectivity index (χ4v) is 5.08. The normalized spacial score (nSPS) is 12.6. The number of nitrogens with zero attached hydrogens (tertiary/aromatic N) is 2. The van der Waals surface area contributed by atoms with E-state index >= 15 is 0 Å². The molecular formula is C29H25N3O3S. The van der Waals surface area contributed by atoms with Crippen LogP contribution in [0.1, 0.15) is 46.4 Å². The Balaban J connectivity index is 1.06. The quantitative estimate of drug-likeness (QED) is 0.219. The van der Waals surface area contributed by atoms with Crippen LogP contribution >= 0.6 is 11.3 Å². The number of amides is 3. The van der Waals surface area contributed by atoms with Gasteiger partial charge in [0.15, 0.2) is 0 Å². The molecule has 7 heteroatoms. The van der Waals surface area contributed by atoms with Gasteiger partial charge in [-0.15, -0.1) is 11.3 Å². The predicted octanol–water partition coefficient (Wildman–Crippen LogP) is 6.27. The van der Waals surface area contributed by atoms with Crippen LogP contribution in [0.15, 0.2) is 84.2 Å². The van der Waals surface area contributed by atoms with E-state index in [1.807, 2.05) is 60.0 Å². The highest BCUT2D eigenvalue weighted by Gasteiger charge is 2.34. The summed E-state index contributed by atoms with van der Waals surface area (Å²) in [6, 6.07) is 24.7. The molecule has 1 N–H and O–H groups in total.